The van der Waals surface area contributed by atoms with Gasteiger partial charge >= 0.3 is 0 Å². The highest BCUT2D eigenvalue weighted by Crippen LogP contribution is 2.47. The van der Waals surface area contributed by atoms with Crippen molar-refractivity contribution in [2.24, 2.45) is 0 Å². The first-order valence-corrected chi connectivity index (χ1v) is 43.6. The molecular weight excluding hydrogens is 1560 g/mol. The van der Waals surface area contributed by atoms with Crippen LogP contribution in [0, 0.1) is 0 Å². The number of hydrogen-bond acceptors (Lipinski definition) is 3. The van der Waals surface area contributed by atoms with E-state index in [1.54, 1.807) is 0 Å². The molecule has 0 radical (unpaired) electrons. The first kappa shape index (κ1) is 78.2. The Kier molecular flexibility index (Phi) is 20.0. The molecule has 0 aliphatic rings. The van der Waals surface area contributed by atoms with E-state index in [-0.39, 0.29) is 14.9 Å². The first-order chi connectivity index (χ1) is 62.9. The molecule has 0 spiro atoms. The van der Waals surface area contributed by atoms with E-state index >= 15 is 0 Å². The fourth-order valence-corrected chi connectivity index (χ4v) is 19.7. The van der Waals surface area contributed by atoms with E-state index in [1.807, 2.05) is 60.7 Å². The van der Waals surface area contributed by atoms with Crippen LogP contribution in [0.2, 0.25) is 0 Å². The van der Waals surface area contributed by atoms with Crippen molar-refractivity contribution >= 4 is 130 Å². The van der Waals surface area contributed by atoms with Crippen molar-refractivity contribution in [3.63, 3.8) is 0 Å². The molecule has 0 unspecified atom stereocenters. The third kappa shape index (κ3) is 14.1. The van der Waals surface area contributed by atoms with Crippen LogP contribution >= 0.6 is 0 Å². The lowest BCUT2D eigenvalue weighted by Crippen LogP contribution is -2.01. The summed E-state index contributed by atoms with van der Waals surface area (Å²) in [5, 5.41) is 28.4. The average molecular weight is 1640 g/mol. The molecule has 0 saturated heterocycles. The summed E-state index contributed by atoms with van der Waals surface area (Å²) >= 11 is 0. The summed E-state index contributed by atoms with van der Waals surface area (Å²) in [6.07, 6.45) is 0. The van der Waals surface area contributed by atoms with Crippen LogP contribution in [-0.2, 0) is 0 Å². The van der Waals surface area contributed by atoms with Gasteiger partial charge in [0.25, 0.3) is 0 Å². The molecule has 0 fully saturated rings. The smallest absolute Gasteiger partial charge is 0.164 e. The molecular formula is C125H86N4. The molecule has 2 heterocycles. The minimum Gasteiger partial charge on any atom is -0.309 e. The predicted molar refractivity (Wildman–Crippen MR) is 552 cm³/mol. The Balaban J connectivity index is 0.000000114. The minimum atomic E-state index is 0. The predicted octanol–water partition coefficient (Wildman–Crippen LogP) is 34.7. The van der Waals surface area contributed by atoms with Gasteiger partial charge in [0.1, 0.15) is 0 Å². The highest BCUT2D eigenvalue weighted by atomic mass is 15.0. The van der Waals surface area contributed by atoms with Crippen LogP contribution in [0.15, 0.2) is 473 Å². The molecule has 0 atom stereocenters. The summed E-state index contributed by atoms with van der Waals surface area (Å²) in [6, 6.07) is 171. The van der Waals surface area contributed by atoms with Gasteiger partial charge in [0, 0.05) is 33.2 Å². The summed E-state index contributed by atoms with van der Waals surface area (Å²) in [5.74, 6) is 1.97. The Morgan fingerprint density at radius 3 is 0.822 bits per heavy atom. The third-order valence-electron chi connectivity index (χ3n) is 25.9. The van der Waals surface area contributed by atoms with Crippen molar-refractivity contribution in [2.45, 2.75) is 14.9 Å². The van der Waals surface area contributed by atoms with E-state index in [1.165, 1.54) is 207 Å². The quantitative estimate of drug-likeness (QED) is 0.121. The van der Waals surface area contributed by atoms with Crippen LogP contribution < -0.4 is 0 Å². The van der Waals surface area contributed by atoms with Gasteiger partial charge in [-0.15, -0.1) is 0 Å². The second kappa shape index (κ2) is 33.0. The van der Waals surface area contributed by atoms with Crippen LogP contribution in [0.25, 0.3) is 247 Å². The van der Waals surface area contributed by atoms with E-state index in [2.05, 4.69) is 417 Å². The van der Waals surface area contributed by atoms with Gasteiger partial charge in [0.2, 0.25) is 0 Å². The largest absolute Gasteiger partial charge is 0.309 e. The molecule has 0 bridgehead atoms. The minimum absolute atomic E-state index is 0. The van der Waals surface area contributed by atoms with E-state index in [9.17, 15) is 0 Å². The van der Waals surface area contributed by atoms with Crippen LogP contribution in [0.1, 0.15) is 14.9 Å². The number of rotatable bonds is 11. The van der Waals surface area contributed by atoms with E-state index in [0.717, 1.165) is 22.4 Å². The number of fused-ring (bicyclic) bond motifs is 7. The van der Waals surface area contributed by atoms with Crippen LogP contribution in [0.3, 0.4) is 0 Å². The van der Waals surface area contributed by atoms with Crippen molar-refractivity contribution in [3.05, 3.63) is 473 Å². The Morgan fingerprint density at radius 2 is 0.411 bits per heavy atom. The van der Waals surface area contributed by atoms with E-state index in [4.69, 9.17) is 15.0 Å². The molecule has 24 aromatic carbocycles. The monoisotopic (exact) mass is 1640 g/mol. The zero-order chi connectivity index (χ0) is 83.8. The first-order valence-electron chi connectivity index (χ1n) is 43.6. The molecule has 0 saturated carbocycles. The lowest BCUT2D eigenvalue weighted by atomic mass is 9.87. The van der Waals surface area contributed by atoms with E-state index < -0.39 is 0 Å². The van der Waals surface area contributed by atoms with Gasteiger partial charge < -0.3 is 4.57 Å². The van der Waals surface area contributed by atoms with E-state index in [0.29, 0.717) is 17.5 Å². The summed E-state index contributed by atoms with van der Waals surface area (Å²) in [4.78, 5) is 14.7. The average Bonchev–Trinajstić information content (AvgIpc) is 1.39. The number of hydrogen-bond donors (Lipinski definition) is 0. The second-order valence-corrected chi connectivity index (χ2v) is 33.2. The van der Waals surface area contributed by atoms with Gasteiger partial charge in [-0.25, -0.2) is 15.0 Å². The zero-order valence-corrected chi connectivity index (χ0v) is 69.3. The molecule has 26 rings (SSSR count). The fraction of sp³-hybridized carbons (Fsp3) is 0.0160. The van der Waals surface area contributed by atoms with Gasteiger partial charge in [-0.1, -0.05) is 452 Å². The lowest BCUT2D eigenvalue weighted by Gasteiger charge is -2.17. The Bertz CT molecular complexity index is 8610. The Hall–Kier alpha value is -16.8. The van der Waals surface area contributed by atoms with Gasteiger partial charge in [0.15, 0.2) is 17.5 Å². The van der Waals surface area contributed by atoms with Gasteiger partial charge in [-0.2, -0.15) is 0 Å². The van der Waals surface area contributed by atoms with Crippen LogP contribution in [-0.4, -0.2) is 19.5 Å². The number of nitrogens with zero attached hydrogens (tertiary/aromatic N) is 4. The topological polar surface area (TPSA) is 43.6 Å². The molecule has 4 nitrogen and oxygen atoms in total. The molecule has 26 aromatic rings. The molecule has 0 aliphatic carbocycles. The SMILES string of the molecule is C.C.c1ccc(-c2nc(-c3ccccc3)nc(-c3cccc(-n4c5ccccc5c5ccccc54)c3)n2)cc1.c1ccc2cc(-c3ccc(-c4ccc5ccc6c(-c7ccc(-c8cccc9ccccc89)cc7)ccc7ccc4c5c76)cc3)ccc2c1.c1ccc2cc(-c3ccc4ccc5c(-c6ccc(-c7cccc8ccccc78)cc6)ccc6ccc3c4c65)ccc2c1. The zero-order valence-electron chi connectivity index (χ0n) is 69.3. The molecule has 129 heavy (non-hydrogen) atoms. The maximum atomic E-state index is 4.92. The van der Waals surface area contributed by atoms with Crippen molar-refractivity contribution < 1.29 is 0 Å². The highest BCUT2D eigenvalue weighted by Gasteiger charge is 2.21. The molecule has 0 amide bonds. The standard InChI is InChI=1S/C48H30.C42H26.C33H22N4.2CH4/c1-2-8-39-30-40(21-14-31(39)6-1)32-12-15-35(16-13-32)43-26-22-37-25-29-46-44(27-23-38-24-28-45(43)47(37)48(38)46)36-19-17-34(18-20-36)42-11-5-9-33-7-3-4-10-41(33)42;1-2-8-33-26-34(17-12-27(33)6-1)38-23-19-32-20-24-39-37(22-18-31-21-25-40(38)42(32)41(31)39)30-15-13-29(14-16-30)36-11-5-9-28-7-3-4-10-35(28)36;1-3-12-23(13-4-1)31-34-32(24-14-5-2-6-15-24)36-33(35-31)25-16-11-17-26(22-25)37-29-20-9-7-18-27(29)28-19-8-10-21-30(28)37;;/h1-30H;1-26H;1-22H;2*1H4. The third-order valence-corrected chi connectivity index (χ3v) is 25.9. The van der Waals surface area contributed by atoms with Gasteiger partial charge in [0.05, 0.1) is 11.0 Å². The number of benzene rings is 24. The van der Waals surface area contributed by atoms with Gasteiger partial charge in [-0.05, 0) is 222 Å². The van der Waals surface area contributed by atoms with Crippen molar-refractivity contribution in [1.82, 2.24) is 19.5 Å². The van der Waals surface area contributed by atoms with Crippen molar-refractivity contribution in [1.29, 1.82) is 0 Å². The Labute approximate surface area is 749 Å². The molecule has 4 heteroatoms. The summed E-state index contributed by atoms with van der Waals surface area (Å²) < 4.78 is 2.31. The van der Waals surface area contributed by atoms with Crippen molar-refractivity contribution in [3.8, 4) is 118 Å². The van der Waals surface area contributed by atoms with Crippen LogP contribution in [0.5, 0.6) is 0 Å². The molecule has 0 N–H and O–H groups in total. The number of para-hydroxylation sites is 2. The maximum absolute atomic E-state index is 4.92. The van der Waals surface area contributed by atoms with Crippen molar-refractivity contribution in [2.75, 3.05) is 0 Å². The molecule has 2 aromatic heterocycles. The summed E-state index contributed by atoms with van der Waals surface area (Å²) in [7, 11) is 0. The Morgan fingerprint density at radius 1 is 0.140 bits per heavy atom. The van der Waals surface area contributed by atoms with Gasteiger partial charge in [-0.3, -0.25) is 0 Å². The maximum Gasteiger partial charge on any atom is 0.164 e. The summed E-state index contributed by atoms with van der Waals surface area (Å²) in [5.41, 5.74) is 23.9. The molecule has 606 valence electrons. The second-order valence-electron chi connectivity index (χ2n) is 33.2. The number of aromatic nitrogens is 4. The summed E-state index contributed by atoms with van der Waals surface area (Å²) in [6.45, 7) is 0. The lowest BCUT2D eigenvalue weighted by molar-refractivity contribution is 1.07. The fourth-order valence-electron chi connectivity index (χ4n) is 19.7. The highest BCUT2D eigenvalue weighted by molar-refractivity contribution is 6.29. The normalized spacial score (nSPS) is 11.4. The molecule has 0 aliphatic heterocycles. The van der Waals surface area contributed by atoms with Crippen LogP contribution in [0.4, 0.5) is 0 Å².